The summed E-state index contributed by atoms with van der Waals surface area (Å²) in [4.78, 5) is 2.50. The van der Waals surface area contributed by atoms with Crippen LogP contribution in [-0.4, -0.2) is 36.7 Å². The van der Waals surface area contributed by atoms with Crippen molar-refractivity contribution in [2.75, 3.05) is 26.2 Å². The lowest BCUT2D eigenvalue weighted by Gasteiger charge is -2.26. The van der Waals surface area contributed by atoms with Crippen LogP contribution in [0.2, 0.25) is 0 Å². The molecular weight excluding hydrogens is 334 g/mol. The van der Waals surface area contributed by atoms with Gasteiger partial charge in [-0.15, -0.1) is 0 Å². The lowest BCUT2D eigenvalue weighted by Crippen LogP contribution is -2.33. The van der Waals surface area contributed by atoms with Crippen LogP contribution in [0, 0.1) is 6.42 Å². The van der Waals surface area contributed by atoms with Crippen molar-refractivity contribution in [1.29, 1.82) is 0 Å². The van der Waals surface area contributed by atoms with Crippen LogP contribution in [0.15, 0.2) is 54.6 Å². The molecule has 145 valence electrons. The molecule has 0 aromatic heterocycles. The van der Waals surface area contributed by atoms with Crippen LogP contribution in [0.25, 0.3) is 0 Å². The fourth-order valence-corrected chi connectivity index (χ4v) is 3.42. The maximum atomic E-state index is 6.09. The third-order valence-electron chi connectivity index (χ3n) is 4.97. The normalized spacial score (nSPS) is 15.6. The number of ether oxygens (including phenoxy) is 2. The molecule has 27 heavy (non-hydrogen) atoms. The Morgan fingerprint density at radius 1 is 0.926 bits per heavy atom. The van der Waals surface area contributed by atoms with Gasteiger partial charge < -0.3 is 9.47 Å². The summed E-state index contributed by atoms with van der Waals surface area (Å²) in [5.41, 5.74) is 2.01. The van der Waals surface area contributed by atoms with Crippen molar-refractivity contribution < 1.29 is 9.47 Å². The zero-order valence-corrected chi connectivity index (χ0v) is 16.7. The predicted molar refractivity (Wildman–Crippen MR) is 111 cm³/mol. The Morgan fingerprint density at radius 3 is 2.33 bits per heavy atom. The molecular formula is C24H32NO2. The van der Waals surface area contributed by atoms with E-state index in [0.717, 1.165) is 24.5 Å². The van der Waals surface area contributed by atoms with Gasteiger partial charge in [-0.05, 0) is 63.0 Å². The molecule has 0 aliphatic carbocycles. The number of hydrogen-bond acceptors (Lipinski definition) is 3. The summed E-state index contributed by atoms with van der Waals surface area (Å²) in [7, 11) is 0. The Morgan fingerprint density at radius 2 is 1.63 bits per heavy atom. The topological polar surface area (TPSA) is 21.7 Å². The van der Waals surface area contributed by atoms with Crippen molar-refractivity contribution in [3.05, 3.63) is 72.1 Å². The van der Waals surface area contributed by atoms with Crippen LogP contribution >= 0.6 is 0 Å². The highest BCUT2D eigenvalue weighted by Gasteiger charge is 2.19. The largest absolute Gasteiger partial charge is 0.492 e. The second kappa shape index (κ2) is 9.91. The fourth-order valence-electron chi connectivity index (χ4n) is 3.42. The smallest absolute Gasteiger partial charge is 0.119 e. The van der Waals surface area contributed by atoms with Crippen LogP contribution in [0.4, 0.5) is 0 Å². The van der Waals surface area contributed by atoms with Crippen molar-refractivity contribution in [3.8, 4) is 5.75 Å². The lowest BCUT2D eigenvalue weighted by molar-refractivity contribution is -0.00248. The van der Waals surface area contributed by atoms with E-state index in [1.807, 2.05) is 18.2 Å². The first-order valence-corrected chi connectivity index (χ1v) is 10.1. The maximum absolute atomic E-state index is 6.09. The van der Waals surface area contributed by atoms with E-state index >= 15 is 0 Å². The van der Waals surface area contributed by atoms with Gasteiger partial charge in [0.25, 0.3) is 0 Å². The van der Waals surface area contributed by atoms with E-state index in [2.05, 4.69) is 61.6 Å². The molecule has 3 rings (SSSR count). The highest BCUT2D eigenvalue weighted by atomic mass is 16.5. The minimum absolute atomic E-state index is 0.327. The van der Waals surface area contributed by atoms with Crippen molar-refractivity contribution in [3.63, 3.8) is 0 Å². The van der Waals surface area contributed by atoms with Gasteiger partial charge in [0.05, 0.1) is 12.2 Å². The van der Waals surface area contributed by atoms with E-state index in [1.54, 1.807) is 0 Å². The fraction of sp³-hybridized carbons (Fsp3) is 0.458. The molecule has 3 nitrogen and oxygen atoms in total. The van der Waals surface area contributed by atoms with Gasteiger partial charge in [0, 0.05) is 13.0 Å². The summed E-state index contributed by atoms with van der Waals surface area (Å²) in [5, 5.41) is 0. The molecule has 0 spiro atoms. The molecule has 0 amide bonds. The Kier molecular flexibility index (Phi) is 7.31. The van der Waals surface area contributed by atoms with Crippen molar-refractivity contribution in [1.82, 2.24) is 4.90 Å². The molecule has 3 heteroatoms. The summed E-state index contributed by atoms with van der Waals surface area (Å²) < 4.78 is 12.0. The molecule has 1 saturated heterocycles. The summed E-state index contributed by atoms with van der Waals surface area (Å²) >= 11 is 0. The number of piperidine rings is 1. The molecule has 0 atom stereocenters. The molecule has 0 unspecified atom stereocenters. The van der Waals surface area contributed by atoms with Crippen molar-refractivity contribution in [2.45, 2.75) is 45.3 Å². The Hall–Kier alpha value is -1.84. The van der Waals surface area contributed by atoms with Gasteiger partial charge >= 0.3 is 0 Å². The molecule has 2 aromatic carbocycles. The van der Waals surface area contributed by atoms with Gasteiger partial charge in [-0.3, -0.25) is 4.90 Å². The number of benzene rings is 2. The molecule has 1 aliphatic heterocycles. The van der Waals surface area contributed by atoms with Gasteiger partial charge in [0.15, 0.2) is 0 Å². The van der Waals surface area contributed by atoms with Crippen molar-refractivity contribution in [2.24, 2.45) is 0 Å². The van der Waals surface area contributed by atoms with E-state index in [4.69, 9.17) is 9.47 Å². The molecule has 2 aromatic rings. The molecule has 1 radical (unpaired) electrons. The first-order valence-electron chi connectivity index (χ1n) is 10.1. The first-order chi connectivity index (χ1) is 13.1. The standard InChI is InChI=1S/C24H32NO2/c1-24(2,27-20-22-9-5-3-6-10-22)19-21-11-13-23(14-12-21)26-18-17-25-15-7-4-8-16-25/h3,5-6,9-14,19H,4,7-8,15-18,20H2,1-2H3. The second-order valence-electron chi connectivity index (χ2n) is 7.84. The van der Waals surface area contributed by atoms with Gasteiger partial charge in [0.1, 0.15) is 12.4 Å². The zero-order chi connectivity index (χ0) is 19.0. The molecule has 1 aliphatic rings. The van der Waals surface area contributed by atoms with Crippen LogP contribution in [0.3, 0.4) is 0 Å². The Labute approximate surface area is 164 Å². The van der Waals surface area contributed by atoms with E-state index in [-0.39, 0.29) is 5.60 Å². The number of hydrogen-bond donors (Lipinski definition) is 0. The van der Waals surface area contributed by atoms with E-state index in [9.17, 15) is 0 Å². The van der Waals surface area contributed by atoms with Crippen molar-refractivity contribution >= 4 is 0 Å². The molecule has 1 heterocycles. The van der Waals surface area contributed by atoms with Gasteiger partial charge in [-0.25, -0.2) is 0 Å². The van der Waals surface area contributed by atoms with Gasteiger partial charge in [-0.1, -0.05) is 48.9 Å². The monoisotopic (exact) mass is 366 g/mol. The highest BCUT2D eigenvalue weighted by Crippen LogP contribution is 2.23. The van der Waals surface area contributed by atoms with Crippen LogP contribution in [-0.2, 0) is 11.3 Å². The zero-order valence-electron chi connectivity index (χ0n) is 16.7. The number of rotatable bonds is 9. The molecule has 1 fully saturated rings. The highest BCUT2D eigenvalue weighted by molar-refractivity contribution is 5.33. The maximum Gasteiger partial charge on any atom is 0.119 e. The SMILES string of the molecule is CC(C)([CH]c1ccc(OCCN2CCCCC2)cc1)OCc1ccccc1. The average Bonchev–Trinajstić information content (AvgIpc) is 2.69. The molecule has 0 saturated carbocycles. The summed E-state index contributed by atoms with van der Waals surface area (Å²) in [6.45, 7) is 9.02. The van der Waals surface area contributed by atoms with Gasteiger partial charge in [0.2, 0.25) is 0 Å². The minimum atomic E-state index is -0.327. The average molecular weight is 367 g/mol. The van der Waals surface area contributed by atoms with Crippen LogP contribution in [0.1, 0.15) is 44.2 Å². The van der Waals surface area contributed by atoms with E-state index in [1.165, 1.54) is 37.9 Å². The third-order valence-corrected chi connectivity index (χ3v) is 4.97. The van der Waals surface area contributed by atoms with E-state index < -0.39 is 0 Å². The van der Waals surface area contributed by atoms with Crippen LogP contribution in [0.5, 0.6) is 5.75 Å². The lowest BCUT2D eigenvalue weighted by atomic mass is 9.98. The second-order valence-corrected chi connectivity index (χ2v) is 7.84. The Bertz CT molecular complexity index is 661. The molecule has 0 N–H and O–H groups in total. The summed E-state index contributed by atoms with van der Waals surface area (Å²) in [5.74, 6) is 0.937. The Balaban J connectivity index is 1.42. The van der Waals surface area contributed by atoms with Gasteiger partial charge in [-0.2, -0.15) is 0 Å². The minimum Gasteiger partial charge on any atom is -0.492 e. The number of nitrogens with zero attached hydrogens (tertiary/aromatic N) is 1. The summed E-state index contributed by atoms with van der Waals surface area (Å²) in [6.07, 6.45) is 6.19. The first kappa shape index (κ1) is 19.9. The third kappa shape index (κ3) is 7.00. The quantitative estimate of drug-likeness (QED) is 0.616. The van der Waals surface area contributed by atoms with E-state index in [0.29, 0.717) is 6.61 Å². The van der Waals surface area contributed by atoms with Crippen LogP contribution < -0.4 is 4.74 Å². The number of likely N-dealkylation sites (tertiary alicyclic amines) is 1. The summed E-state index contributed by atoms with van der Waals surface area (Å²) in [6, 6.07) is 18.6. The molecule has 0 bridgehead atoms. The predicted octanol–water partition coefficient (Wildman–Crippen LogP) is 5.10.